The quantitative estimate of drug-likeness (QED) is 0.787. The molecule has 1 aromatic heterocycles. The van der Waals surface area contributed by atoms with E-state index in [-0.39, 0.29) is 0 Å². The van der Waals surface area contributed by atoms with Crippen molar-refractivity contribution in [1.82, 2.24) is 15.1 Å². The molecule has 1 heterocycles. The Hall–Kier alpha value is -1.61. The SMILES string of the molecule is Cc1ccc(-n2cc(CCCNCC(C)C)cn2)c(C)c1. The lowest BCUT2D eigenvalue weighted by atomic mass is 10.1. The highest BCUT2D eigenvalue weighted by atomic mass is 15.3. The fourth-order valence-electron chi connectivity index (χ4n) is 2.49. The molecule has 0 aliphatic carbocycles. The van der Waals surface area contributed by atoms with Crippen molar-refractivity contribution in [3.05, 3.63) is 47.3 Å². The third kappa shape index (κ3) is 4.71. The third-order valence-corrected chi connectivity index (χ3v) is 3.61. The van der Waals surface area contributed by atoms with Crippen LogP contribution in [-0.2, 0) is 6.42 Å². The summed E-state index contributed by atoms with van der Waals surface area (Å²) >= 11 is 0. The molecule has 0 amide bonds. The van der Waals surface area contributed by atoms with Crippen LogP contribution in [-0.4, -0.2) is 22.9 Å². The first-order valence-corrected chi connectivity index (χ1v) is 7.88. The molecule has 1 N–H and O–H groups in total. The monoisotopic (exact) mass is 285 g/mol. The fourth-order valence-corrected chi connectivity index (χ4v) is 2.49. The van der Waals surface area contributed by atoms with Crippen LogP contribution in [0.1, 0.15) is 37.0 Å². The number of hydrogen-bond acceptors (Lipinski definition) is 2. The van der Waals surface area contributed by atoms with Gasteiger partial charge in [-0.25, -0.2) is 4.68 Å². The summed E-state index contributed by atoms with van der Waals surface area (Å²) < 4.78 is 1.99. The number of benzene rings is 1. The third-order valence-electron chi connectivity index (χ3n) is 3.61. The van der Waals surface area contributed by atoms with Crippen LogP contribution < -0.4 is 5.32 Å². The van der Waals surface area contributed by atoms with Gasteiger partial charge in [-0.15, -0.1) is 0 Å². The number of aromatic nitrogens is 2. The number of hydrogen-bond donors (Lipinski definition) is 1. The Labute approximate surface area is 128 Å². The van der Waals surface area contributed by atoms with E-state index in [1.165, 1.54) is 22.4 Å². The molecule has 0 aliphatic heterocycles. The van der Waals surface area contributed by atoms with E-state index >= 15 is 0 Å². The molecule has 1 aromatic carbocycles. The fraction of sp³-hybridized carbons (Fsp3) is 0.500. The van der Waals surface area contributed by atoms with E-state index in [1.807, 2.05) is 10.9 Å². The van der Waals surface area contributed by atoms with Gasteiger partial charge in [-0.1, -0.05) is 31.5 Å². The maximum absolute atomic E-state index is 4.50. The summed E-state index contributed by atoms with van der Waals surface area (Å²) in [7, 11) is 0. The molecule has 3 heteroatoms. The Morgan fingerprint density at radius 1 is 1.24 bits per heavy atom. The van der Waals surface area contributed by atoms with Gasteiger partial charge < -0.3 is 5.32 Å². The van der Waals surface area contributed by atoms with E-state index in [2.05, 4.69) is 62.5 Å². The van der Waals surface area contributed by atoms with Crippen LogP contribution in [0.15, 0.2) is 30.6 Å². The lowest BCUT2D eigenvalue weighted by Gasteiger charge is -2.07. The van der Waals surface area contributed by atoms with E-state index in [1.54, 1.807) is 0 Å². The zero-order chi connectivity index (χ0) is 15.2. The summed E-state index contributed by atoms with van der Waals surface area (Å²) in [6.07, 6.45) is 6.38. The first-order chi connectivity index (χ1) is 10.1. The molecule has 2 rings (SSSR count). The average molecular weight is 285 g/mol. The van der Waals surface area contributed by atoms with Crippen molar-refractivity contribution in [3.63, 3.8) is 0 Å². The van der Waals surface area contributed by atoms with E-state index in [0.29, 0.717) is 0 Å². The smallest absolute Gasteiger partial charge is 0.0674 e. The second-order valence-corrected chi connectivity index (χ2v) is 6.28. The molecule has 0 bridgehead atoms. The van der Waals surface area contributed by atoms with Crippen LogP contribution in [0.2, 0.25) is 0 Å². The second-order valence-electron chi connectivity index (χ2n) is 6.28. The first kappa shape index (κ1) is 15.8. The Balaban J connectivity index is 1.89. The predicted octanol–water partition coefficient (Wildman–Crippen LogP) is 3.67. The molecule has 21 heavy (non-hydrogen) atoms. The molecule has 3 nitrogen and oxygen atoms in total. The molecular weight excluding hydrogens is 258 g/mol. The van der Waals surface area contributed by atoms with E-state index in [4.69, 9.17) is 0 Å². The number of rotatable bonds is 7. The van der Waals surface area contributed by atoms with Crippen molar-refractivity contribution in [2.24, 2.45) is 5.92 Å². The molecule has 2 aromatic rings. The molecule has 0 aliphatic rings. The van der Waals surface area contributed by atoms with Gasteiger partial charge in [-0.05, 0) is 62.9 Å². The molecule has 0 radical (unpaired) electrons. The lowest BCUT2D eigenvalue weighted by Crippen LogP contribution is -2.20. The van der Waals surface area contributed by atoms with Crippen LogP contribution >= 0.6 is 0 Å². The van der Waals surface area contributed by atoms with Crippen molar-refractivity contribution >= 4 is 0 Å². The highest BCUT2D eigenvalue weighted by molar-refractivity contribution is 5.42. The Kier molecular flexibility index (Phi) is 5.57. The summed E-state index contributed by atoms with van der Waals surface area (Å²) in [5.41, 5.74) is 5.04. The van der Waals surface area contributed by atoms with Crippen LogP contribution in [0.5, 0.6) is 0 Å². The number of nitrogens with one attached hydrogen (secondary N) is 1. The van der Waals surface area contributed by atoms with Gasteiger partial charge in [-0.2, -0.15) is 5.10 Å². The maximum atomic E-state index is 4.50. The van der Waals surface area contributed by atoms with E-state index in [9.17, 15) is 0 Å². The summed E-state index contributed by atoms with van der Waals surface area (Å²) in [5.74, 6) is 0.720. The standard InChI is InChI=1S/C18H27N3/c1-14(2)11-19-9-5-6-17-12-20-21(13-17)18-8-7-15(3)10-16(18)4/h7-8,10,12-14,19H,5-6,9,11H2,1-4H3. The van der Waals surface area contributed by atoms with Crippen molar-refractivity contribution in [2.45, 2.75) is 40.5 Å². The molecule has 0 unspecified atom stereocenters. The van der Waals surface area contributed by atoms with Gasteiger partial charge in [0.25, 0.3) is 0 Å². The van der Waals surface area contributed by atoms with Gasteiger partial charge in [0.2, 0.25) is 0 Å². The van der Waals surface area contributed by atoms with Crippen LogP contribution in [0, 0.1) is 19.8 Å². The molecule has 114 valence electrons. The molecule has 0 atom stereocenters. The normalized spacial score (nSPS) is 11.3. The van der Waals surface area contributed by atoms with Gasteiger partial charge in [0.15, 0.2) is 0 Å². The van der Waals surface area contributed by atoms with Gasteiger partial charge in [0.05, 0.1) is 11.9 Å². The number of aryl methyl sites for hydroxylation is 3. The van der Waals surface area contributed by atoms with Crippen molar-refractivity contribution in [3.8, 4) is 5.69 Å². The van der Waals surface area contributed by atoms with Crippen molar-refractivity contribution in [1.29, 1.82) is 0 Å². The summed E-state index contributed by atoms with van der Waals surface area (Å²) in [6.45, 7) is 10.9. The van der Waals surface area contributed by atoms with Gasteiger partial charge in [0, 0.05) is 6.20 Å². The molecule has 0 saturated carbocycles. The van der Waals surface area contributed by atoms with Gasteiger partial charge in [-0.3, -0.25) is 0 Å². The highest BCUT2D eigenvalue weighted by Gasteiger charge is 2.04. The Morgan fingerprint density at radius 2 is 2.05 bits per heavy atom. The predicted molar refractivity (Wildman–Crippen MR) is 89.1 cm³/mol. The minimum Gasteiger partial charge on any atom is -0.316 e. The summed E-state index contributed by atoms with van der Waals surface area (Å²) in [5, 5.41) is 7.98. The molecule has 0 spiro atoms. The van der Waals surface area contributed by atoms with Crippen LogP contribution in [0.3, 0.4) is 0 Å². The van der Waals surface area contributed by atoms with Crippen molar-refractivity contribution < 1.29 is 0 Å². The largest absolute Gasteiger partial charge is 0.316 e. The first-order valence-electron chi connectivity index (χ1n) is 7.88. The zero-order valence-electron chi connectivity index (χ0n) is 13.7. The molecule has 0 saturated heterocycles. The Morgan fingerprint density at radius 3 is 2.76 bits per heavy atom. The lowest BCUT2D eigenvalue weighted by molar-refractivity contribution is 0.543. The van der Waals surface area contributed by atoms with Crippen LogP contribution in [0.25, 0.3) is 5.69 Å². The molecular formula is C18H27N3. The minimum absolute atomic E-state index is 0.720. The second kappa shape index (κ2) is 7.41. The zero-order valence-corrected chi connectivity index (χ0v) is 13.7. The maximum Gasteiger partial charge on any atom is 0.0674 e. The highest BCUT2D eigenvalue weighted by Crippen LogP contribution is 2.15. The summed E-state index contributed by atoms with van der Waals surface area (Å²) in [6, 6.07) is 6.48. The van der Waals surface area contributed by atoms with Gasteiger partial charge in [0.1, 0.15) is 0 Å². The Bertz CT molecular complexity index is 570. The van der Waals surface area contributed by atoms with Crippen LogP contribution in [0.4, 0.5) is 0 Å². The van der Waals surface area contributed by atoms with E-state index < -0.39 is 0 Å². The topological polar surface area (TPSA) is 29.9 Å². The average Bonchev–Trinajstić information content (AvgIpc) is 2.86. The summed E-state index contributed by atoms with van der Waals surface area (Å²) in [4.78, 5) is 0. The minimum atomic E-state index is 0.720. The van der Waals surface area contributed by atoms with E-state index in [0.717, 1.165) is 31.8 Å². The van der Waals surface area contributed by atoms with Gasteiger partial charge >= 0.3 is 0 Å². The van der Waals surface area contributed by atoms with Crippen molar-refractivity contribution in [2.75, 3.05) is 13.1 Å². The number of nitrogens with zero attached hydrogens (tertiary/aromatic N) is 2. The molecule has 0 fully saturated rings.